The number of carbonyl (C=O) groups is 2. The van der Waals surface area contributed by atoms with Crippen molar-refractivity contribution in [2.75, 3.05) is 10.6 Å². The van der Waals surface area contributed by atoms with Crippen molar-refractivity contribution < 1.29 is 18.4 Å². The Bertz CT molecular complexity index is 1380. The van der Waals surface area contributed by atoms with E-state index < -0.39 is 0 Å². The molecule has 2 N–H and O–H groups in total. The van der Waals surface area contributed by atoms with E-state index in [2.05, 4.69) is 10.6 Å². The van der Waals surface area contributed by atoms with Gasteiger partial charge in [-0.3, -0.25) is 9.59 Å². The molecule has 6 heteroatoms. The molecule has 2 amide bonds. The van der Waals surface area contributed by atoms with E-state index in [-0.39, 0.29) is 23.3 Å². The predicted molar refractivity (Wildman–Crippen MR) is 120 cm³/mol. The molecule has 31 heavy (non-hydrogen) atoms. The van der Waals surface area contributed by atoms with Crippen LogP contribution >= 0.6 is 0 Å². The highest BCUT2D eigenvalue weighted by Gasteiger charge is 2.15. The van der Waals surface area contributed by atoms with Gasteiger partial charge in [-0.15, -0.1) is 0 Å². The van der Waals surface area contributed by atoms with Crippen LogP contribution in [0.1, 0.15) is 26.7 Å². The zero-order chi connectivity index (χ0) is 21.4. The van der Waals surface area contributed by atoms with Gasteiger partial charge in [0.05, 0.1) is 0 Å². The van der Waals surface area contributed by atoms with Gasteiger partial charge in [-0.05, 0) is 55.0 Å². The second-order valence-corrected chi connectivity index (χ2v) is 7.23. The molecular weight excluding hydrogens is 392 g/mol. The molecule has 6 nitrogen and oxygen atoms in total. The minimum absolute atomic E-state index is 0.237. The second kappa shape index (κ2) is 7.50. The Morgan fingerprint density at radius 2 is 1.23 bits per heavy atom. The first kappa shape index (κ1) is 18.7. The van der Waals surface area contributed by atoms with Crippen LogP contribution in [0.2, 0.25) is 0 Å². The minimum Gasteiger partial charge on any atom is -0.451 e. The molecule has 0 radical (unpaired) electrons. The molecule has 0 bridgehead atoms. The summed E-state index contributed by atoms with van der Waals surface area (Å²) < 4.78 is 11.2. The van der Waals surface area contributed by atoms with Gasteiger partial charge in [0.1, 0.15) is 11.2 Å². The van der Waals surface area contributed by atoms with Crippen LogP contribution in [0, 0.1) is 6.92 Å². The summed E-state index contributed by atoms with van der Waals surface area (Å²) in [6, 6.07) is 23.6. The van der Waals surface area contributed by atoms with Crippen LogP contribution in [0.5, 0.6) is 0 Å². The summed E-state index contributed by atoms with van der Waals surface area (Å²) in [6.07, 6.45) is 0. The van der Waals surface area contributed by atoms with E-state index in [1.165, 1.54) is 0 Å². The van der Waals surface area contributed by atoms with E-state index in [1.807, 2.05) is 55.5 Å². The first-order chi connectivity index (χ1) is 15.1. The third-order valence-corrected chi connectivity index (χ3v) is 5.03. The minimum atomic E-state index is -0.338. The molecule has 2 heterocycles. The number of para-hydroxylation sites is 2. The van der Waals surface area contributed by atoms with Crippen molar-refractivity contribution in [2.45, 2.75) is 6.92 Å². The summed E-state index contributed by atoms with van der Waals surface area (Å²) in [6.45, 7) is 1.85. The molecule has 0 fully saturated rings. The van der Waals surface area contributed by atoms with Crippen molar-refractivity contribution in [1.82, 2.24) is 0 Å². The van der Waals surface area contributed by atoms with Crippen LogP contribution in [-0.4, -0.2) is 11.8 Å². The van der Waals surface area contributed by atoms with Crippen molar-refractivity contribution in [3.63, 3.8) is 0 Å². The topological polar surface area (TPSA) is 84.5 Å². The fourth-order valence-corrected chi connectivity index (χ4v) is 3.45. The first-order valence-corrected chi connectivity index (χ1v) is 9.77. The van der Waals surface area contributed by atoms with Gasteiger partial charge in [0.15, 0.2) is 11.5 Å². The Hall–Kier alpha value is -4.32. The van der Waals surface area contributed by atoms with Gasteiger partial charge in [0, 0.05) is 22.1 Å². The van der Waals surface area contributed by atoms with Gasteiger partial charge in [-0.2, -0.15) is 0 Å². The summed E-state index contributed by atoms with van der Waals surface area (Å²) in [7, 11) is 0. The largest absolute Gasteiger partial charge is 0.451 e. The number of amides is 2. The van der Waals surface area contributed by atoms with Crippen LogP contribution < -0.4 is 10.6 Å². The number of hydrogen-bond donors (Lipinski definition) is 2. The first-order valence-electron chi connectivity index (χ1n) is 9.77. The standard InChI is InChI=1S/C25H18N2O4/c1-15-12-18(26-24(28)22-13-16-6-2-4-8-20(16)30-22)10-11-19(15)27-25(29)23-14-17-7-3-5-9-21(17)31-23/h2-14H,1H3,(H,26,28)(H,27,29). The van der Waals surface area contributed by atoms with E-state index in [9.17, 15) is 9.59 Å². The molecule has 3 aromatic carbocycles. The Morgan fingerprint density at radius 3 is 1.77 bits per heavy atom. The number of carbonyl (C=O) groups excluding carboxylic acids is 2. The summed E-state index contributed by atoms with van der Waals surface area (Å²) in [5.74, 6) is -0.197. The third-order valence-electron chi connectivity index (χ3n) is 5.03. The van der Waals surface area contributed by atoms with E-state index in [0.29, 0.717) is 22.5 Å². The van der Waals surface area contributed by atoms with E-state index in [0.717, 1.165) is 16.3 Å². The smallest absolute Gasteiger partial charge is 0.291 e. The molecule has 5 rings (SSSR count). The van der Waals surface area contributed by atoms with Crippen molar-refractivity contribution >= 4 is 45.1 Å². The van der Waals surface area contributed by atoms with Crippen LogP contribution in [-0.2, 0) is 0 Å². The van der Waals surface area contributed by atoms with Crippen molar-refractivity contribution in [3.8, 4) is 0 Å². The van der Waals surface area contributed by atoms with Crippen molar-refractivity contribution in [2.24, 2.45) is 0 Å². The molecule has 0 saturated heterocycles. The Labute approximate surface area is 177 Å². The molecule has 0 atom stereocenters. The van der Waals surface area contributed by atoms with Crippen molar-refractivity contribution in [3.05, 3.63) is 95.9 Å². The number of hydrogen-bond acceptors (Lipinski definition) is 4. The maximum atomic E-state index is 12.6. The lowest BCUT2D eigenvalue weighted by Crippen LogP contribution is -2.13. The van der Waals surface area contributed by atoms with Crippen LogP contribution in [0.3, 0.4) is 0 Å². The highest BCUT2D eigenvalue weighted by atomic mass is 16.4. The third kappa shape index (κ3) is 3.67. The highest BCUT2D eigenvalue weighted by Crippen LogP contribution is 2.24. The maximum absolute atomic E-state index is 12.6. The quantitative estimate of drug-likeness (QED) is 0.381. The van der Waals surface area contributed by atoms with Gasteiger partial charge in [-0.1, -0.05) is 36.4 Å². The molecule has 0 aliphatic heterocycles. The van der Waals surface area contributed by atoms with Gasteiger partial charge >= 0.3 is 0 Å². The van der Waals surface area contributed by atoms with Gasteiger partial charge in [0.2, 0.25) is 0 Å². The zero-order valence-corrected chi connectivity index (χ0v) is 16.6. The number of furan rings is 2. The molecule has 2 aromatic heterocycles. The fourth-order valence-electron chi connectivity index (χ4n) is 3.45. The number of aryl methyl sites for hydroxylation is 1. The summed E-state index contributed by atoms with van der Waals surface area (Å²) in [5.41, 5.74) is 3.35. The van der Waals surface area contributed by atoms with Gasteiger partial charge < -0.3 is 19.5 Å². The number of rotatable bonds is 4. The van der Waals surface area contributed by atoms with Crippen molar-refractivity contribution in [1.29, 1.82) is 0 Å². The van der Waals surface area contributed by atoms with Crippen LogP contribution in [0.4, 0.5) is 11.4 Å². The molecule has 5 aromatic rings. The number of anilines is 2. The molecule has 152 valence electrons. The molecule has 0 unspecified atom stereocenters. The Morgan fingerprint density at radius 1 is 0.677 bits per heavy atom. The lowest BCUT2D eigenvalue weighted by molar-refractivity contribution is 0.0991. The average Bonchev–Trinajstić information content (AvgIpc) is 3.40. The van der Waals surface area contributed by atoms with Crippen LogP contribution in [0.25, 0.3) is 21.9 Å². The highest BCUT2D eigenvalue weighted by molar-refractivity contribution is 6.06. The average molecular weight is 410 g/mol. The van der Waals surface area contributed by atoms with E-state index >= 15 is 0 Å². The summed E-state index contributed by atoms with van der Waals surface area (Å²) in [4.78, 5) is 25.1. The Kier molecular flexibility index (Phi) is 4.52. The molecule has 0 saturated carbocycles. The summed E-state index contributed by atoms with van der Waals surface area (Å²) in [5, 5.41) is 7.42. The number of nitrogens with one attached hydrogen (secondary N) is 2. The van der Waals surface area contributed by atoms with E-state index in [1.54, 1.807) is 30.3 Å². The van der Waals surface area contributed by atoms with Crippen LogP contribution in [0.15, 0.2) is 87.7 Å². The number of benzene rings is 3. The molecule has 0 aliphatic rings. The lowest BCUT2D eigenvalue weighted by Gasteiger charge is -2.10. The molecule has 0 spiro atoms. The van der Waals surface area contributed by atoms with E-state index in [4.69, 9.17) is 8.83 Å². The maximum Gasteiger partial charge on any atom is 0.291 e. The van der Waals surface area contributed by atoms with Gasteiger partial charge in [-0.25, -0.2) is 0 Å². The second-order valence-electron chi connectivity index (χ2n) is 7.23. The molecule has 0 aliphatic carbocycles. The molecular formula is C25H18N2O4. The number of fused-ring (bicyclic) bond motifs is 2. The van der Waals surface area contributed by atoms with Gasteiger partial charge in [0.25, 0.3) is 11.8 Å². The zero-order valence-electron chi connectivity index (χ0n) is 16.6. The normalized spacial score (nSPS) is 11.0. The fraction of sp³-hybridized carbons (Fsp3) is 0.0400. The predicted octanol–water partition coefficient (Wildman–Crippen LogP) is 5.99. The SMILES string of the molecule is Cc1cc(NC(=O)c2cc3ccccc3o2)ccc1NC(=O)c1cc2ccccc2o1. The Balaban J connectivity index is 1.31. The monoisotopic (exact) mass is 410 g/mol. The summed E-state index contributed by atoms with van der Waals surface area (Å²) >= 11 is 0. The lowest BCUT2D eigenvalue weighted by atomic mass is 10.1.